The molecule has 9 heteroatoms. The molecule has 1 aliphatic heterocycles. The molecule has 1 fully saturated rings. The van der Waals surface area contributed by atoms with E-state index in [1.165, 1.54) is 7.11 Å². The second kappa shape index (κ2) is 6.66. The van der Waals surface area contributed by atoms with E-state index in [2.05, 4.69) is 41.8 Å². The quantitative estimate of drug-likeness (QED) is 0.431. The van der Waals surface area contributed by atoms with Gasteiger partial charge in [0.15, 0.2) is 5.69 Å². The second-order valence-electron chi connectivity index (χ2n) is 4.37. The lowest BCUT2D eigenvalue weighted by Gasteiger charge is -2.27. The first-order chi connectivity index (χ1) is 9.54. The lowest BCUT2D eigenvalue weighted by Crippen LogP contribution is -2.31. The number of hydrogen-bond donors (Lipinski definition) is 0. The number of hydrogen-bond acceptors (Lipinski definition) is 6. The fourth-order valence-corrected chi connectivity index (χ4v) is 2.82. The van der Waals surface area contributed by atoms with Crippen molar-refractivity contribution < 1.29 is 9.66 Å². The van der Waals surface area contributed by atoms with E-state index in [1.54, 1.807) is 0 Å². The van der Waals surface area contributed by atoms with Gasteiger partial charge in [-0.15, -0.1) is 0 Å². The molecule has 1 aliphatic rings. The van der Waals surface area contributed by atoms with Crippen LogP contribution in [0.25, 0.3) is 0 Å². The number of ether oxygens (including phenoxy) is 1. The summed E-state index contributed by atoms with van der Waals surface area (Å²) >= 11 is 6.54. The molecule has 7 nitrogen and oxygen atoms in total. The predicted octanol–water partition coefficient (Wildman–Crippen LogP) is 3.17. The van der Waals surface area contributed by atoms with Gasteiger partial charge in [0.25, 0.3) is 0 Å². The number of aromatic nitrogens is 2. The van der Waals surface area contributed by atoms with E-state index in [4.69, 9.17) is 4.74 Å². The zero-order chi connectivity index (χ0) is 14.7. The highest BCUT2D eigenvalue weighted by molar-refractivity contribution is 9.24. The van der Waals surface area contributed by atoms with Gasteiger partial charge in [0.05, 0.1) is 12.0 Å². The third-order valence-corrected chi connectivity index (χ3v) is 3.97. The van der Waals surface area contributed by atoms with Gasteiger partial charge in [0, 0.05) is 13.1 Å². The van der Waals surface area contributed by atoms with E-state index in [0.717, 1.165) is 32.4 Å². The Morgan fingerprint density at radius 3 is 2.45 bits per heavy atom. The van der Waals surface area contributed by atoms with Gasteiger partial charge < -0.3 is 9.64 Å². The summed E-state index contributed by atoms with van der Waals surface area (Å²) in [4.78, 5) is 21.2. The molecule has 0 atom stereocenters. The molecule has 0 bridgehead atoms. The topological polar surface area (TPSA) is 81.4 Å². The van der Waals surface area contributed by atoms with Gasteiger partial charge in [0.1, 0.15) is 3.74 Å². The maximum Gasteiger partial charge on any atom is 0.335 e. The summed E-state index contributed by atoms with van der Waals surface area (Å²) in [5.41, 5.74) is 0.189. The normalized spacial score (nSPS) is 15.5. The molecular weight excluding hydrogens is 396 g/mol. The first-order valence-corrected chi connectivity index (χ1v) is 8.01. The van der Waals surface area contributed by atoms with Crippen molar-refractivity contribution in [1.82, 2.24) is 9.97 Å². The van der Waals surface area contributed by atoms with Crippen molar-refractivity contribution in [3.63, 3.8) is 0 Å². The average molecular weight is 410 g/mol. The predicted molar refractivity (Wildman–Crippen MR) is 81.9 cm³/mol. The molecule has 2 heterocycles. The lowest BCUT2D eigenvalue weighted by atomic mass is 10.1. The molecule has 1 saturated heterocycles. The van der Waals surface area contributed by atoms with Crippen LogP contribution >= 0.6 is 31.9 Å². The highest BCUT2D eigenvalue weighted by atomic mass is 79.9. The summed E-state index contributed by atoms with van der Waals surface area (Å²) in [6.07, 6.45) is 3.15. The van der Waals surface area contributed by atoms with Crippen molar-refractivity contribution in [3.05, 3.63) is 15.8 Å². The molecule has 110 valence electrons. The van der Waals surface area contributed by atoms with Crippen LogP contribution in [0.5, 0.6) is 6.01 Å². The van der Waals surface area contributed by atoms with E-state index in [1.807, 2.05) is 4.90 Å². The monoisotopic (exact) mass is 408 g/mol. The summed E-state index contributed by atoms with van der Waals surface area (Å²) in [6, 6.07) is 0.134. The van der Waals surface area contributed by atoms with Gasteiger partial charge in [-0.3, -0.25) is 10.1 Å². The van der Waals surface area contributed by atoms with Crippen LogP contribution < -0.4 is 9.64 Å². The van der Waals surface area contributed by atoms with E-state index in [-0.39, 0.29) is 17.4 Å². The lowest BCUT2D eigenvalue weighted by molar-refractivity contribution is -0.385. The average Bonchev–Trinajstić information content (AvgIpc) is 2.46. The Morgan fingerprint density at radius 1 is 1.30 bits per heavy atom. The van der Waals surface area contributed by atoms with Crippen LogP contribution in [0.15, 0.2) is 0 Å². The number of piperidine rings is 1. The maximum atomic E-state index is 11.4. The second-order valence-corrected chi connectivity index (χ2v) is 7.43. The van der Waals surface area contributed by atoms with Crippen molar-refractivity contribution in [2.45, 2.75) is 23.0 Å². The highest BCUT2D eigenvalue weighted by Gasteiger charge is 2.31. The Hall–Kier alpha value is -0.960. The largest absolute Gasteiger partial charge is 0.467 e. The van der Waals surface area contributed by atoms with Crippen molar-refractivity contribution in [3.8, 4) is 6.01 Å². The molecule has 0 amide bonds. The molecule has 0 aliphatic carbocycles. The van der Waals surface area contributed by atoms with Crippen LogP contribution in [0.4, 0.5) is 11.5 Å². The molecule has 0 unspecified atom stereocenters. The van der Waals surface area contributed by atoms with E-state index in [0.29, 0.717) is 5.82 Å². The van der Waals surface area contributed by atoms with E-state index in [9.17, 15) is 10.1 Å². The van der Waals surface area contributed by atoms with Gasteiger partial charge in [-0.2, -0.15) is 9.97 Å². The minimum absolute atomic E-state index is 0.0774. The van der Waals surface area contributed by atoms with E-state index >= 15 is 0 Å². The minimum atomic E-state index is -0.436. The highest BCUT2D eigenvalue weighted by Crippen LogP contribution is 2.40. The third kappa shape index (κ3) is 3.20. The summed E-state index contributed by atoms with van der Waals surface area (Å²) < 4.78 is 4.62. The summed E-state index contributed by atoms with van der Waals surface area (Å²) in [5.74, 6) is 0.334. The smallest absolute Gasteiger partial charge is 0.335 e. The Morgan fingerprint density at radius 2 is 1.95 bits per heavy atom. The van der Waals surface area contributed by atoms with Crippen molar-refractivity contribution in [1.29, 1.82) is 0 Å². The number of methoxy groups -OCH3 is 1. The molecule has 1 aromatic rings. The van der Waals surface area contributed by atoms with E-state index < -0.39 is 8.66 Å². The van der Waals surface area contributed by atoms with Crippen LogP contribution in [0.3, 0.4) is 0 Å². The fraction of sp³-hybridized carbons (Fsp3) is 0.636. The first kappa shape index (κ1) is 15.4. The van der Waals surface area contributed by atoms with Crippen molar-refractivity contribution in [2.24, 2.45) is 0 Å². The summed E-state index contributed by atoms with van der Waals surface area (Å²) in [7, 11) is 1.45. The Bertz CT molecular complexity index is 507. The Balaban J connectivity index is 2.56. The van der Waals surface area contributed by atoms with Crippen LogP contribution in [-0.2, 0) is 0 Å². The summed E-state index contributed by atoms with van der Waals surface area (Å²) in [6.45, 7) is 1.52. The molecule has 2 rings (SSSR count). The SMILES string of the molecule is COc1nc(C(Br)Br)c([N+](=O)[O-])c(N2CCCCC2)n1. The number of rotatable bonds is 4. The fourth-order valence-electron chi connectivity index (χ4n) is 2.18. The van der Waals surface area contributed by atoms with Gasteiger partial charge in [-0.05, 0) is 19.3 Å². The van der Waals surface area contributed by atoms with Crippen molar-refractivity contribution >= 4 is 43.4 Å². The van der Waals surface area contributed by atoms with Crippen LogP contribution in [0.1, 0.15) is 28.7 Å². The Kier molecular flexibility index (Phi) is 5.14. The standard InChI is InChI=1S/C11H14Br2N4O3/c1-20-11-14-7(9(12)13)8(17(18)19)10(15-11)16-5-3-2-4-6-16/h9H,2-6H2,1H3. The molecule has 1 aromatic heterocycles. The third-order valence-electron chi connectivity index (χ3n) is 3.10. The van der Waals surface area contributed by atoms with Crippen LogP contribution in [-0.4, -0.2) is 35.1 Å². The number of nitrogens with zero attached hydrogens (tertiary/aromatic N) is 4. The molecule has 20 heavy (non-hydrogen) atoms. The van der Waals surface area contributed by atoms with Crippen LogP contribution in [0.2, 0.25) is 0 Å². The van der Waals surface area contributed by atoms with Gasteiger partial charge in [0.2, 0.25) is 5.82 Å². The molecule has 0 N–H and O–H groups in total. The molecule has 0 saturated carbocycles. The zero-order valence-corrected chi connectivity index (χ0v) is 14.1. The summed E-state index contributed by atoms with van der Waals surface area (Å²) in [5, 5.41) is 11.4. The number of alkyl halides is 2. The van der Waals surface area contributed by atoms with Crippen molar-refractivity contribution in [2.75, 3.05) is 25.1 Å². The Labute approximate surface area is 133 Å². The first-order valence-electron chi connectivity index (χ1n) is 6.18. The molecular formula is C11H14Br2N4O3. The minimum Gasteiger partial charge on any atom is -0.467 e. The molecule has 0 spiro atoms. The van der Waals surface area contributed by atoms with Crippen LogP contribution in [0, 0.1) is 10.1 Å². The van der Waals surface area contributed by atoms with Gasteiger partial charge >= 0.3 is 11.7 Å². The zero-order valence-electron chi connectivity index (χ0n) is 10.9. The molecule has 0 radical (unpaired) electrons. The maximum absolute atomic E-state index is 11.4. The molecule has 0 aromatic carbocycles. The number of halogens is 2. The number of anilines is 1. The van der Waals surface area contributed by atoms with Gasteiger partial charge in [-0.25, -0.2) is 0 Å². The van der Waals surface area contributed by atoms with Gasteiger partial charge in [-0.1, -0.05) is 31.9 Å². The number of nitro groups is 1.